The van der Waals surface area contributed by atoms with Gasteiger partial charge in [0.05, 0.1) is 0 Å². The van der Waals surface area contributed by atoms with Gasteiger partial charge in [-0.25, -0.2) is 0 Å². The molecule has 5 heteroatoms. The second-order valence-electron chi connectivity index (χ2n) is 4.29. The van der Waals surface area contributed by atoms with Crippen LogP contribution in [0.2, 0.25) is 0 Å². The highest BCUT2D eigenvalue weighted by Crippen LogP contribution is 2.35. The fourth-order valence-electron chi connectivity index (χ4n) is 1.92. The van der Waals surface area contributed by atoms with Gasteiger partial charge in [-0.3, -0.25) is 0 Å². The normalized spacial score (nSPS) is 18.8. The van der Waals surface area contributed by atoms with E-state index in [4.69, 9.17) is 0 Å². The van der Waals surface area contributed by atoms with Crippen LogP contribution >= 0.6 is 11.8 Å². The molecular weight excluding hydrogens is 235 g/mol. The number of unbranched alkanes of at least 4 members (excludes halogenated alkanes) is 1. The van der Waals surface area contributed by atoms with Crippen LogP contribution in [-0.2, 0) is 0 Å². The summed E-state index contributed by atoms with van der Waals surface area (Å²) in [5, 5.41) is 3.42. The molecule has 0 saturated heterocycles. The number of thioether (sulfide) groups is 1. The number of hydrogen-bond acceptors (Lipinski definition) is 2. The van der Waals surface area contributed by atoms with Crippen molar-refractivity contribution in [1.29, 1.82) is 0 Å². The average molecular weight is 255 g/mol. The van der Waals surface area contributed by atoms with Gasteiger partial charge in [0, 0.05) is 11.8 Å². The van der Waals surface area contributed by atoms with E-state index in [1.54, 1.807) is 0 Å². The first-order valence-electron chi connectivity index (χ1n) is 5.97. The summed E-state index contributed by atoms with van der Waals surface area (Å²) in [6.07, 6.45) is 5.16. The smallest absolute Gasteiger partial charge is 0.314 e. The fourth-order valence-corrected chi connectivity index (χ4v) is 2.50. The molecule has 1 saturated carbocycles. The van der Waals surface area contributed by atoms with E-state index in [9.17, 15) is 13.2 Å². The van der Waals surface area contributed by atoms with Crippen LogP contribution in [0.15, 0.2) is 0 Å². The van der Waals surface area contributed by atoms with Gasteiger partial charge in [0.25, 0.3) is 0 Å². The van der Waals surface area contributed by atoms with Crippen molar-refractivity contribution in [3.8, 4) is 0 Å². The SMILES string of the molecule is CCNC(CCCCSC(F)(F)F)C1CC1. The predicted octanol–water partition coefficient (Wildman–Crippen LogP) is 3.80. The first-order chi connectivity index (χ1) is 7.53. The van der Waals surface area contributed by atoms with Crippen molar-refractivity contribution >= 4 is 11.8 Å². The summed E-state index contributed by atoms with van der Waals surface area (Å²) >= 11 is 0.102. The van der Waals surface area contributed by atoms with Gasteiger partial charge in [0.2, 0.25) is 0 Å². The zero-order chi connectivity index (χ0) is 12.0. The van der Waals surface area contributed by atoms with Crippen molar-refractivity contribution in [2.24, 2.45) is 5.92 Å². The summed E-state index contributed by atoms with van der Waals surface area (Å²) in [6.45, 7) is 3.04. The Kier molecular flexibility index (Phi) is 5.97. The number of halogens is 3. The summed E-state index contributed by atoms with van der Waals surface area (Å²) < 4.78 is 35.6. The molecule has 1 rings (SSSR count). The Balaban J connectivity index is 2.00. The van der Waals surface area contributed by atoms with E-state index in [0.717, 1.165) is 25.3 Å². The monoisotopic (exact) mass is 255 g/mol. The molecule has 0 aromatic heterocycles. The van der Waals surface area contributed by atoms with Crippen LogP contribution in [0.1, 0.15) is 39.0 Å². The Bertz CT molecular complexity index is 192. The first kappa shape index (κ1) is 14.2. The van der Waals surface area contributed by atoms with Gasteiger partial charge in [0.1, 0.15) is 0 Å². The molecule has 0 spiro atoms. The number of nitrogens with one attached hydrogen (secondary N) is 1. The van der Waals surface area contributed by atoms with Crippen molar-refractivity contribution in [3.63, 3.8) is 0 Å². The second-order valence-corrected chi connectivity index (χ2v) is 5.45. The van der Waals surface area contributed by atoms with Gasteiger partial charge < -0.3 is 5.32 Å². The number of alkyl halides is 3. The predicted molar refractivity (Wildman–Crippen MR) is 62.6 cm³/mol. The zero-order valence-electron chi connectivity index (χ0n) is 9.65. The molecule has 1 aliphatic carbocycles. The summed E-state index contributed by atoms with van der Waals surface area (Å²) in [5.74, 6) is 0.989. The van der Waals surface area contributed by atoms with Gasteiger partial charge in [0.15, 0.2) is 0 Å². The summed E-state index contributed by atoms with van der Waals surface area (Å²) in [7, 11) is 0. The molecule has 16 heavy (non-hydrogen) atoms. The van der Waals surface area contributed by atoms with E-state index in [1.807, 2.05) is 0 Å². The minimum atomic E-state index is -4.06. The summed E-state index contributed by atoms with van der Waals surface area (Å²) in [4.78, 5) is 0. The highest BCUT2D eigenvalue weighted by atomic mass is 32.2. The minimum Gasteiger partial charge on any atom is -0.314 e. The molecule has 1 atom stereocenters. The Hall–Kier alpha value is 0.100. The molecular formula is C11H20F3NS. The lowest BCUT2D eigenvalue weighted by Crippen LogP contribution is -2.30. The third-order valence-electron chi connectivity index (χ3n) is 2.83. The molecule has 96 valence electrons. The van der Waals surface area contributed by atoms with Crippen molar-refractivity contribution in [1.82, 2.24) is 5.32 Å². The van der Waals surface area contributed by atoms with Crippen LogP contribution in [0.3, 0.4) is 0 Å². The molecule has 1 N–H and O–H groups in total. The van der Waals surface area contributed by atoms with Crippen LogP contribution < -0.4 is 5.32 Å². The quantitative estimate of drug-likeness (QED) is 0.662. The van der Waals surface area contributed by atoms with E-state index in [0.29, 0.717) is 12.5 Å². The Morgan fingerprint density at radius 2 is 2.00 bits per heavy atom. The second kappa shape index (κ2) is 6.74. The maximum atomic E-state index is 11.9. The van der Waals surface area contributed by atoms with E-state index in [1.165, 1.54) is 12.8 Å². The standard InChI is InChI=1S/C11H20F3NS/c1-2-15-10(9-6-7-9)5-3-4-8-16-11(12,13)14/h9-10,15H,2-8H2,1H3. The molecule has 0 radical (unpaired) electrons. The first-order valence-corrected chi connectivity index (χ1v) is 6.95. The molecule has 1 unspecified atom stereocenters. The molecule has 0 aliphatic heterocycles. The van der Waals surface area contributed by atoms with Crippen molar-refractivity contribution in [3.05, 3.63) is 0 Å². The fraction of sp³-hybridized carbons (Fsp3) is 1.00. The zero-order valence-corrected chi connectivity index (χ0v) is 10.5. The van der Waals surface area contributed by atoms with Gasteiger partial charge in [-0.15, -0.1) is 0 Å². The van der Waals surface area contributed by atoms with Crippen molar-refractivity contribution in [2.45, 2.75) is 50.6 Å². The third-order valence-corrected chi connectivity index (χ3v) is 3.65. The van der Waals surface area contributed by atoms with E-state index >= 15 is 0 Å². The molecule has 0 aromatic carbocycles. The van der Waals surface area contributed by atoms with E-state index in [2.05, 4.69) is 12.2 Å². The topological polar surface area (TPSA) is 12.0 Å². The van der Waals surface area contributed by atoms with Crippen LogP contribution in [-0.4, -0.2) is 23.8 Å². The van der Waals surface area contributed by atoms with E-state index in [-0.39, 0.29) is 17.5 Å². The lowest BCUT2D eigenvalue weighted by molar-refractivity contribution is -0.0328. The van der Waals surface area contributed by atoms with Gasteiger partial charge in [-0.2, -0.15) is 13.2 Å². The average Bonchev–Trinajstić information content (AvgIpc) is 2.97. The van der Waals surface area contributed by atoms with Crippen LogP contribution in [0.4, 0.5) is 13.2 Å². The Morgan fingerprint density at radius 3 is 2.50 bits per heavy atom. The molecule has 1 fully saturated rings. The summed E-state index contributed by atoms with van der Waals surface area (Å²) in [5.41, 5.74) is -4.06. The van der Waals surface area contributed by atoms with Crippen molar-refractivity contribution in [2.75, 3.05) is 12.3 Å². The molecule has 1 aliphatic rings. The molecule has 0 amide bonds. The van der Waals surface area contributed by atoms with Crippen LogP contribution in [0, 0.1) is 5.92 Å². The highest BCUT2D eigenvalue weighted by Gasteiger charge is 2.30. The molecule has 0 bridgehead atoms. The minimum absolute atomic E-state index is 0.102. The van der Waals surface area contributed by atoms with E-state index < -0.39 is 5.51 Å². The lowest BCUT2D eigenvalue weighted by Gasteiger charge is -2.16. The maximum Gasteiger partial charge on any atom is 0.441 e. The number of hydrogen-bond donors (Lipinski definition) is 1. The molecule has 0 aromatic rings. The largest absolute Gasteiger partial charge is 0.441 e. The molecule has 1 nitrogen and oxygen atoms in total. The Morgan fingerprint density at radius 1 is 1.31 bits per heavy atom. The van der Waals surface area contributed by atoms with Gasteiger partial charge in [-0.1, -0.05) is 25.1 Å². The van der Waals surface area contributed by atoms with Gasteiger partial charge in [-0.05, 0) is 38.1 Å². The lowest BCUT2D eigenvalue weighted by atomic mass is 10.1. The van der Waals surface area contributed by atoms with Gasteiger partial charge >= 0.3 is 5.51 Å². The Labute approximate surface area is 99.6 Å². The summed E-state index contributed by atoms with van der Waals surface area (Å²) in [6, 6.07) is 0.542. The van der Waals surface area contributed by atoms with Crippen LogP contribution in [0.5, 0.6) is 0 Å². The highest BCUT2D eigenvalue weighted by molar-refractivity contribution is 8.00. The molecule has 0 heterocycles. The maximum absolute atomic E-state index is 11.9. The van der Waals surface area contributed by atoms with Crippen LogP contribution in [0.25, 0.3) is 0 Å². The van der Waals surface area contributed by atoms with Crippen molar-refractivity contribution < 1.29 is 13.2 Å². The number of rotatable bonds is 8. The third kappa shape index (κ3) is 6.63.